The number of carbonyl (C=O) groups excluding carboxylic acids is 2. The maximum atomic E-state index is 13.5. The minimum atomic E-state index is -0.160. The van der Waals surface area contributed by atoms with Gasteiger partial charge in [-0.3, -0.25) is 14.3 Å². The summed E-state index contributed by atoms with van der Waals surface area (Å²) < 4.78 is 1.75. The Kier molecular flexibility index (Phi) is 6.66. The van der Waals surface area contributed by atoms with E-state index in [4.69, 9.17) is 0 Å². The maximum absolute atomic E-state index is 13.5. The first-order valence-electron chi connectivity index (χ1n) is 10.7. The first-order valence-corrected chi connectivity index (χ1v) is 12.5. The second-order valence-corrected chi connectivity index (χ2v) is 10.3. The average molecular weight is 470 g/mol. The molecule has 4 rings (SSSR count). The molecule has 0 aliphatic carbocycles. The topological polar surface area (TPSA) is 80.1 Å². The molecule has 1 atom stereocenters. The molecule has 32 heavy (non-hydrogen) atoms. The van der Waals surface area contributed by atoms with Crippen molar-refractivity contribution in [1.82, 2.24) is 25.0 Å². The van der Waals surface area contributed by atoms with Crippen LogP contribution in [0, 0.1) is 20.8 Å². The molecule has 1 fully saturated rings. The SMILES string of the molecule is CCn1cc(C(=O)NCC2SCCN2C(=O)c2nc(C)sc2-c2cccc(C)c2)c(C)n1. The van der Waals surface area contributed by atoms with Crippen LogP contribution in [-0.4, -0.2) is 55.7 Å². The maximum Gasteiger partial charge on any atom is 0.274 e. The van der Waals surface area contributed by atoms with E-state index in [2.05, 4.69) is 21.5 Å². The zero-order valence-electron chi connectivity index (χ0n) is 18.7. The number of nitrogens with one attached hydrogen (secondary N) is 1. The highest BCUT2D eigenvalue weighted by Crippen LogP contribution is 2.33. The van der Waals surface area contributed by atoms with Crippen LogP contribution in [0.5, 0.6) is 0 Å². The Morgan fingerprint density at radius 3 is 2.78 bits per heavy atom. The molecule has 0 bridgehead atoms. The number of carbonyl (C=O) groups is 2. The van der Waals surface area contributed by atoms with E-state index in [1.54, 1.807) is 34.0 Å². The van der Waals surface area contributed by atoms with E-state index in [0.717, 1.165) is 26.8 Å². The van der Waals surface area contributed by atoms with Gasteiger partial charge in [0.2, 0.25) is 0 Å². The first kappa shape index (κ1) is 22.5. The van der Waals surface area contributed by atoms with Crippen LogP contribution in [0.1, 0.15) is 44.0 Å². The minimum absolute atomic E-state index is 0.0786. The van der Waals surface area contributed by atoms with Crippen molar-refractivity contribution < 1.29 is 9.59 Å². The lowest BCUT2D eigenvalue weighted by Crippen LogP contribution is -2.42. The number of hydrogen-bond acceptors (Lipinski definition) is 6. The van der Waals surface area contributed by atoms with E-state index in [-0.39, 0.29) is 17.2 Å². The summed E-state index contributed by atoms with van der Waals surface area (Å²) in [6.45, 7) is 9.52. The molecular formula is C23H27N5O2S2. The van der Waals surface area contributed by atoms with Crippen LogP contribution >= 0.6 is 23.1 Å². The van der Waals surface area contributed by atoms with Crippen LogP contribution in [0.3, 0.4) is 0 Å². The lowest BCUT2D eigenvalue weighted by Gasteiger charge is -2.23. The number of aryl methyl sites for hydroxylation is 4. The van der Waals surface area contributed by atoms with Crippen LogP contribution < -0.4 is 5.32 Å². The van der Waals surface area contributed by atoms with Gasteiger partial charge in [0.1, 0.15) is 5.69 Å². The van der Waals surface area contributed by atoms with Crippen LogP contribution in [0.4, 0.5) is 0 Å². The van der Waals surface area contributed by atoms with Gasteiger partial charge in [0.05, 0.1) is 26.5 Å². The molecule has 3 aromatic rings. The summed E-state index contributed by atoms with van der Waals surface area (Å²) in [4.78, 5) is 33.5. The minimum Gasteiger partial charge on any atom is -0.349 e. The molecule has 0 saturated carbocycles. The smallest absolute Gasteiger partial charge is 0.274 e. The van der Waals surface area contributed by atoms with Gasteiger partial charge in [-0.15, -0.1) is 23.1 Å². The monoisotopic (exact) mass is 469 g/mol. The molecule has 1 saturated heterocycles. The molecule has 2 aromatic heterocycles. The highest BCUT2D eigenvalue weighted by Gasteiger charge is 2.33. The molecule has 0 radical (unpaired) electrons. The molecule has 0 spiro atoms. The quantitative estimate of drug-likeness (QED) is 0.592. The summed E-state index contributed by atoms with van der Waals surface area (Å²) in [5, 5.41) is 8.07. The average Bonchev–Trinajstić information content (AvgIpc) is 3.49. The fourth-order valence-electron chi connectivity index (χ4n) is 3.79. The zero-order chi connectivity index (χ0) is 22.8. The number of aromatic nitrogens is 3. The number of thioether (sulfide) groups is 1. The number of hydrogen-bond donors (Lipinski definition) is 1. The van der Waals surface area contributed by atoms with Crippen LogP contribution in [0.25, 0.3) is 10.4 Å². The standard InChI is InChI=1S/C23H27N5O2S2/c1-5-27-13-18(15(3)26-27)22(29)24-12-19-28(9-10-31-19)23(30)20-21(32-16(4)25-20)17-8-6-7-14(2)11-17/h6-8,11,13,19H,5,9-10,12H2,1-4H3,(H,24,29). The van der Waals surface area contributed by atoms with Crippen molar-refractivity contribution in [2.75, 3.05) is 18.8 Å². The van der Waals surface area contributed by atoms with Gasteiger partial charge >= 0.3 is 0 Å². The number of benzene rings is 1. The predicted molar refractivity (Wildman–Crippen MR) is 129 cm³/mol. The number of thiazole rings is 1. The Balaban J connectivity index is 1.50. The Morgan fingerprint density at radius 2 is 2.06 bits per heavy atom. The van der Waals surface area contributed by atoms with Crippen LogP contribution in [0.2, 0.25) is 0 Å². The van der Waals surface area contributed by atoms with E-state index >= 15 is 0 Å². The third-order valence-corrected chi connectivity index (χ3v) is 7.66. The van der Waals surface area contributed by atoms with Gasteiger partial charge in [0, 0.05) is 31.6 Å². The highest BCUT2D eigenvalue weighted by molar-refractivity contribution is 8.00. The van der Waals surface area contributed by atoms with Crippen molar-refractivity contribution in [3.8, 4) is 10.4 Å². The largest absolute Gasteiger partial charge is 0.349 e. The van der Waals surface area contributed by atoms with E-state index in [1.807, 2.05) is 50.8 Å². The van der Waals surface area contributed by atoms with E-state index in [1.165, 1.54) is 0 Å². The third-order valence-electron chi connectivity index (χ3n) is 5.42. The first-order chi connectivity index (χ1) is 15.4. The fraction of sp³-hybridized carbons (Fsp3) is 0.391. The zero-order valence-corrected chi connectivity index (χ0v) is 20.3. The molecular weight excluding hydrogens is 442 g/mol. The van der Waals surface area contributed by atoms with Crippen molar-refractivity contribution in [3.63, 3.8) is 0 Å². The predicted octanol–water partition coefficient (Wildman–Crippen LogP) is 3.90. The number of nitrogens with zero attached hydrogens (tertiary/aromatic N) is 4. The second-order valence-electron chi connectivity index (χ2n) is 7.80. The van der Waals surface area contributed by atoms with Gasteiger partial charge in [0.25, 0.3) is 11.8 Å². The van der Waals surface area contributed by atoms with Crippen LogP contribution in [-0.2, 0) is 6.54 Å². The molecule has 2 amide bonds. The second kappa shape index (κ2) is 9.46. The van der Waals surface area contributed by atoms with Crippen molar-refractivity contribution >= 4 is 34.9 Å². The third kappa shape index (κ3) is 4.59. The fourth-order valence-corrected chi connectivity index (χ4v) is 5.85. The molecule has 1 N–H and O–H groups in total. The molecule has 1 aliphatic rings. The molecule has 1 aromatic carbocycles. The summed E-state index contributed by atoms with van der Waals surface area (Å²) in [7, 11) is 0. The van der Waals surface area contributed by atoms with E-state index in [0.29, 0.717) is 36.6 Å². The van der Waals surface area contributed by atoms with Gasteiger partial charge < -0.3 is 10.2 Å². The lowest BCUT2D eigenvalue weighted by atomic mass is 10.1. The summed E-state index contributed by atoms with van der Waals surface area (Å²) >= 11 is 3.22. The Hall–Kier alpha value is -2.65. The Labute approximate surface area is 196 Å². The summed E-state index contributed by atoms with van der Waals surface area (Å²) in [5.41, 5.74) is 3.93. The summed E-state index contributed by atoms with van der Waals surface area (Å²) in [6.07, 6.45) is 1.77. The van der Waals surface area contributed by atoms with E-state index < -0.39 is 0 Å². The molecule has 9 heteroatoms. The Bertz CT molecular complexity index is 1150. The van der Waals surface area contributed by atoms with Gasteiger partial charge in [-0.2, -0.15) is 5.10 Å². The van der Waals surface area contributed by atoms with E-state index in [9.17, 15) is 9.59 Å². The lowest BCUT2D eigenvalue weighted by molar-refractivity contribution is 0.0747. The molecule has 3 heterocycles. The number of amides is 2. The summed E-state index contributed by atoms with van der Waals surface area (Å²) in [6, 6.07) is 8.15. The molecule has 168 valence electrons. The molecule has 1 unspecified atom stereocenters. The number of rotatable bonds is 6. The van der Waals surface area contributed by atoms with Gasteiger partial charge in [-0.1, -0.05) is 29.8 Å². The van der Waals surface area contributed by atoms with Crippen molar-refractivity contribution in [2.24, 2.45) is 0 Å². The van der Waals surface area contributed by atoms with Crippen molar-refractivity contribution in [1.29, 1.82) is 0 Å². The van der Waals surface area contributed by atoms with Gasteiger partial charge in [-0.05, 0) is 33.3 Å². The van der Waals surface area contributed by atoms with Gasteiger partial charge in [-0.25, -0.2) is 4.98 Å². The Morgan fingerprint density at radius 1 is 1.25 bits per heavy atom. The molecule has 7 nitrogen and oxygen atoms in total. The summed E-state index contributed by atoms with van der Waals surface area (Å²) in [5.74, 6) is 0.597. The van der Waals surface area contributed by atoms with Crippen molar-refractivity contribution in [3.05, 3.63) is 58.0 Å². The van der Waals surface area contributed by atoms with Crippen molar-refractivity contribution in [2.45, 2.75) is 39.6 Å². The van der Waals surface area contributed by atoms with Crippen LogP contribution in [0.15, 0.2) is 30.5 Å². The highest BCUT2D eigenvalue weighted by atomic mass is 32.2. The molecule has 1 aliphatic heterocycles. The van der Waals surface area contributed by atoms with Gasteiger partial charge in [0.15, 0.2) is 0 Å². The normalized spacial score (nSPS) is 15.9.